The van der Waals surface area contributed by atoms with Gasteiger partial charge in [0.05, 0.1) is 13.2 Å². The number of halogens is 1. The van der Waals surface area contributed by atoms with E-state index < -0.39 is 17.9 Å². The predicted octanol–water partition coefficient (Wildman–Crippen LogP) is 0.640. The summed E-state index contributed by atoms with van der Waals surface area (Å²) in [6, 6.07) is 4.56. The Morgan fingerprint density at radius 2 is 1.97 bits per heavy atom. The van der Waals surface area contributed by atoms with Crippen LogP contribution in [0.3, 0.4) is 0 Å². The van der Waals surface area contributed by atoms with Gasteiger partial charge in [0.1, 0.15) is 12.4 Å². The third kappa shape index (κ3) is 6.09. The van der Waals surface area contributed by atoms with Crippen LogP contribution in [0.4, 0.5) is 9.18 Å². The van der Waals surface area contributed by atoms with E-state index in [2.05, 4.69) is 9.97 Å². The summed E-state index contributed by atoms with van der Waals surface area (Å²) in [4.78, 5) is 33.2. The molecule has 31 heavy (non-hydrogen) atoms. The van der Waals surface area contributed by atoms with E-state index >= 15 is 0 Å². The van der Waals surface area contributed by atoms with Gasteiger partial charge in [0.25, 0.3) is 5.91 Å². The quantitative estimate of drug-likeness (QED) is 0.444. The van der Waals surface area contributed by atoms with Crippen LogP contribution in [-0.4, -0.2) is 65.7 Å². The van der Waals surface area contributed by atoms with Crippen LogP contribution in [0.25, 0.3) is 11.1 Å². The molecule has 1 aliphatic heterocycles. The lowest BCUT2D eigenvalue weighted by atomic mass is 10.1. The van der Waals surface area contributed by atoms with Crippen molar-refractivity contribution in [3.8, 4) is 17.1 Å². The minimum Gasteiger partial charge on any atom is -0.453 e. The van der Waals surface area contributed by atoms with Gasteiger partial charge in [0.2, 0.25) is 0 Å². The molecule has 1 aromatic carbocycles. The number of aromatic nitrogens is 2. The minimum atomic E-state index is -0.964. The highest BCUT2D eigenvalue weighted by molar-refractivity contribution is 5.90. The molecule has 0 saturated carbocycles. The molecule has 164 valence electrons. The number of amides is 2. The van der Waals surface area contributed by atoms with E-state index in [0.29, 0.717) is 31.9 Å². The van der Waals surface area contributed by atoms with Crippen LogP contribution in [0.5, 0.6) is 6.01 Å². The standard InChI is InChI=1S/C19H21FN6O5/c20-16-12(10-31-19(28)25-17(21)22)2-1-3-14(16)13-8-23-18(24-9-13)30-11-15(27)26-4-6-29-7-5-26/h1-3,8-9H,4-7,10-11H2,(H4,21,22,25,28). The van der Waals surface area contributed by atoms with Crippen molar-refractivity contribution in [3.63, 3.8) is 0 Å². The summed E-state index contributed by atoms with van der Waals surface area (Å²) in [7, 11) is 0. The van der Waals surface area contributed by atoms with Crippen molar-refractivity contribution in [2.75, 3.05) is 32.9 Å². The second kappa shape index (κ2) is 10.3. The van der Waals surface area contributed by atoms with Gasteiger partial charge in [-0.25, -0.2) is 19.2 Å². The van der Waals surface area contributed by atoms with Crippen molar-refractivity contribution in [3.05, 3.63) is 42.0 Å². The van der Waals surface area contributed by atoms with E-state index in [4.69, 9.17) is 25.4 Å². The number of nitrogens with zero attached hydrogens (tertiary/aromatic N) is 3. The molecule has 0 atom stereocenters. The second-order valence-electron chi connectivity index (χ2n) is 6.43. The molecule has 0 aliphatic carbocycles. The predicted molar refractivity (Wildman–Crippen MR) is 106 cm³/mol. The van der Waals surface area contributed by atoms with Gasteiger partial charge in [0, 0.05) is 42.2 Å². The Hall–Kier alpha value is -3.80. The SMILES string of the molecule is N=C(N)NC(=O)OCc1cccc(-c2cnc(OCC(=O)N3CCOCC3)nc2)c1F. The number of morpholine rings is 1. The summed E-state index contributed by atoms with van der Waals surface area (Å²) < 4.78 is 30.2. The number of hydrogen-bond acceptors (Lipinski definition) is 8. The number of carbonyl (C=O) groups excluding carboxylic acids is 2. The number of nitrogens with one attached hydrogen (secondary N) is 2. The minimum absolute atomic E-state index is 0.00819. The molecular formula is C19H21FN6O5. The van der Waals surface area contributed by atoms with Gasteiger partial charge in [-0.1, -0.05) is 18.2 Å². The summed E-state index contributed by atoms with van der Waals surface area (Å²) in [5, 5.41) is 8.90. The lowest BCUT2D eigenvalue weighted by Crippen LogP contribution is -2.43. The van der Waals surface area contributed by atoms with E-state index in [1.165, 1.54) is 24.5 Å². The first-order chi connectivity index (χ1) is 14.9. The van der Waals surface area contributed by atoms with Crippen LogP contribution in [0.15, 0.2) is 30.6 Å². The summed E-state index contributed by atoms with van der Waals surface area (Å²) in [5.74, 6) is -1.38. The Bertz CT molecular complexity index is 949. The molecule has 2 heterocycles. The van der Waals surface area contributed by atoms with E-state index in [1.54, 1.807) is 11.0 Å². The summed E-state index contributed by atoms with van der Waals surface area (Å²) >= 11 is 0. The first-order valence-electron chi connectivity index (χ1n) is 9.30. The van der Waals surface area contributed by atoms with Crippen LogP contribution in [-0.2, 0) is 20.9 Å². The maximum absolute atomic E-state index is 14.8. The largest absolute Gasteiger partial charge is 0.453 e. The Morgan fingerprint density at radius 3 is 2.65 bits per heavy atom. The van der Waals surface area contributed by atoms with Crippen LogP contribution in [0.2, 0.25) is 0 Å². The molecule has 12 heteroatoms. The normalized spacial score (nSPS) is 13.4. The number of guanidine groups is 1. The van der Waals surface area contributed by atoms with Crippen molar-refractivity contribution in [1.82, 2.24) is 20.2 Å². The molecule has 4 N–H and O–H groups in total. The monoisotopic (exact) mass is 432 g/mol. The first-order valence-corrected chi connectivity index (χ1v) is 9.30. The van der Waals surface area contributed by atoms with Gasteiger partial charge in [0.15, 0.2) is 12.6 Å². The lowest BCUT2D eigenvalue weighted by Gasteiger charge is -2.26. The highest BCUT2D eigenvalue weighted by Crippen LogP contribution is 2.25. The summed E-state index contributed by atoms with van der Waals surface area (Å²) in [6.07, 6.45) is 1.77. The number of nitrogens with two attached hydrogens (primary N) is 1. The molecule has 1 saturated heterocycles. The highest BCUT2D eigenvalue weighted by Gasteiger charge is 2.18. The molecule has 11 nitrogen and oxygen atoms in total. The number of hydrogen-bond donors (Lipinski definition) is 3. The van der Waals surface area contributed by atoms with Gasteiger partial charge >= 0.3 is 12.1 Å². The number of benzene rings is 1. The number of rotatable bonds is 6. The Kier molecular flexibility index (Phi) is 7.27. The van der Waals surface area contributed by atoms with Crippen LogP contribution < -0.4 is 15.8 Å². The van der Waals surface area contributed by atoms with Crippen LogP contribution >= 0.6 is 0 Å². The second-order valence-corrected chi connectivity index (χ2v) is 6.43. The van der Waals surface area contributed by atoms with E-state index in [-0.39, 0.29) is 36.3 Å². The van der Waals surface area contributed by atoms with E-state index in [9.17, 15) is 14.0 Å². The van der Waals surface area contributed by atoms with E-state index in [0.717, 1.165) is 0 Å². The van der Waals surface area contributed by atoms with Gasteiger partial charge in [-0.2, -0.15) is 0 Å². The third-order valence-electron chi connectivity index (χ3n) is 4.30. The molecule has 2 aromatic rings. The highest BCUT2D eigenvalue weighted by atomic mass is 19.1. The molecule has 0 bridgehead atoms. The Morgan fingerprint density at radius 1 is 1.26 bits per heavy atom. The molecule has 2 amide bonds. The van der Waals surface area contributed by atoms with Crippen molar-refractivity contribution in [2.24, 2.45) is 5.73 Å². The lowest BCUT2D eigenvalue weighted by molar-refractivity contribution is -0.137. The third-order valence-corrected chi connectivity index (χ3v) is 4.30. The average molecular weight is 432 g/mol. The zero-order valence-corrected chi connectivity index (χ0v) is 16.5. The number of carbonyl (C=O) groups is 2. The van der Waals surface area contributed by atoms with Gasteiger partial charge in [-0.3, -0.25) is 15.5 Å². The smallest absolute Gasteiger partial charge is 0.414 e. The Balaban J connectivity index is 1.60. The maximum atomic E-state index is 14.8. The van der Waals surface area contributed by atoms with Crippen molar-refractivity contribution in [2.45, 2.75) is 6.61 Å². The fraction of sp³-hybridized carbons (Fsp3) is 0.316. The van der Waals surface area contributed by atoms with E-state index in [1.807, 2.05) is 5.32 Å². The molecule has 1 fully saturated rings. The topological polar surface area (TPSA) is 153 Å². The molecule has 0 spiro atoms. The zero-order chi connectivity index (χ0) is 22.2. The fourth-order valence-electron chi connectivity index (χ4n) is 2.76. The van der Waals surface area contributed by atoms with Crippen molar-refractivity contribution >= 4 is 18.0 Å². The number of alkyl carbamates (subject to hydrolysis) is 1. The summed E-state index contributed by atoms with van der Waals surface area (Å²) in [5.41, 5.74) is 5.72. The van der Waals surface area contributed by atoms with Gasteiger partial charge in [-0.05, 0) is 0 Å². The average Bonchev–Trinajstić information content (AvgIpc) is 2.77. The fourth-order valence-corrected chi connectivity index (χ4v) is 2.76. The zero-order valence-electron chi connectivity index (χ0n) is 16.5. The van der Waals surface area contributed by atoms with Crippen molar-refractivity contribution < 1.29 is 28.2 Å². The molecular weight excluding hydrogens is 411 g/mol. The Labute approximate surface area is 176 Å². The first kappa shape index (κ1) is 21.9. The van der Waals surface area contributed by atoms with Gasteiger partial charge < -0.3 is 24.8 Å². The molecule has 1 aromatic heterocycles. The van der Waals surface area contributed by atoms with Crippen molar-refractivity contribution in [1.29, 1.82) is 5.41 Å². The molecule has 0 radical (unpaired) electrons. The number of ether oxygens (including phenoxy) is 3. The molecule has 0 unspecified atom stereocenters. The maximum Gasteiger partial charge on any atom is 0.414 e. The molecule has 1 aliphatic rings. The molecule has 3 rings (SSSR count). The van der Waals surface area contributed by atoms with Crippen LogP contribution in [0, 0.1) is 11.2 Å². The summed E-state index contributed by atoms with van der Waals surface area (Å²) in [6.45, 7) is 1.45. The van der Waals surface area contributed by atoms with Crippen LogP contribution in [0.1, 0.15) is 5.56 Å². The van der Waals surface area contributed by atoms with Gasteiger partial charge in [-0.15, -0.1) is 0 Å².